The molecule has 0 unspecified atom stereocenters. The zero-order chi connectivity index (χ0) is 24.7. The summed E-state index contributed by atoms with van der Waals surface area (Å²) in [5.41, 5.74) is 2.12. The molecular weight excluding hydrogens is 410 g/mol. The summed E-state index contributed by atoms with van der Waals surface area (Å²) < 4.78 is 5.06. The van der Waals surface area contributed by atoms with E-state index in [0.29, 0.717) is 24.3 Å². The topological polar surface area (TPSA) is 55.4 Å². The fraction of sp³-hybridized carbons (Fsp3) is 0.586. The van der Waals surface area contributed by atoms with E-state index in [-0.39, 0.29) is 11.9 Å². The van der Waals surface area contributed by atoms with E-state index in [9.17, 15) is 9.59 Å². The van der Waals surface area contributed by atoms with Crippen LogP contribution >= 0.6 is 0 Å². The van der Waals surface area contributed by atoms with E-state index in [2.05, 4.69) is 25.4 Å². The third-order valence-electron chi connectivity index (χ3n) is 5.26. The normalized spacial score (nSPS) is 10.0. The summed E-state index contributed by atoms with van der Waals surface area (Å²) in [6.45, 7) is 13.9. The van der Waals surface area contributed by atoms with Crippen molar-refractivity contribution in [2.24, 2.45) is 0 Å². The van der Waals surface area contributed by atoms with Gasteiger partial charge in [-0.05, 0) is 25.8 Å². The quantitative estimate of drug-likeness (QED) is 0.148. The number of carbonyl (C=O) groups excluding carboxylic acids is 2. The lowest BCUT2D eigenvalue weighted by Gasteiger charge is -2.04. The predicted octanol–water partition coefficient (Wildman–Crippen LogP) is 7.69. The van der Waals surface area contributed by atoms with Gasteiger partial charge in [-0.1, -0.05) is 121 Å². The molecule has 0 bridgehead atoms. The van der Waals surface area contributed by atoms with Crippen LogP contribution in [0.4, 0.5) is 0 Å². The van der Waals surface area contributed by atoms with Crippen molar-refractivity contribution in [1.29, 1.82) is 0 Å². The Labute approximate surface area is 202 Å². The average molecular weight is 458 g/mol. The van der Waals surface area contributed by atoms with Crippen LogP contribution in [0.2, 0.25) is 0 Å². The average Bonchev–Trinajstić information content (AvgIpc) is 2.81. The van der Waals surface area contributed by atoms with E-state index in [1.165, 1.54) is 70.6 Å². The first kappa shape index (κ1) is 30.6. The van der Waals surface area contributed by atoms with Gasteiger partial charge in [0.1, 0.15) is 0 Å². The van der Waals surface area contributed by atoms with Gasteiger partial charge in [0.05, 0.1) is 6.61 Å². The predicted molar refractivity (Wildman–Crippen MR) is 140 cm³/mol. The minimum absolute atomic E-state index is 0.0937. The van der Waals surface area contributed by atoms with Crippen molar-refractivity contribution in [2.45, 2.75) is 104 Å². The van der Waals surface area contributed by atoms with Crippen LogP contribution in [0.15, 0.2) is 54.6 Å². The molecule has 0 saturated carbocycles. The van der Waals surface area contributed by atoms with Gasteiger partial charge in [-0.25, -0.2) is 4.79 Å². The molecule has 1 rings (SSSR count). The number of unbranched alkanes of at least 4 members (excludes halogenated alkanes) is 11. The fourth-order valence-electron chi connectivity index (χ4n) is 3.16. The monoisotopic (exact) mass is 457 g/mol. The lowest BCUT2D eigenvalue weighted by Crippen LogP contribution is -2.22. The lowest BCUT2D eigenvalue weighted by molar-refractivity contribution is -0.139. The maximum Gasteiger partial charge on any atom is 0.333 e. The van der Waals surface area contributed by atoms with Crippen molar-refractivity contribution in [3.05, 3.63) is 60.2 Å². The molecule has 0 heterocycles. The summed E-state index contributed by atoms with van der Waals surface area (Å²) in [5.74, 6) is -0.350. The van der Waals surface area contributed by atoms with Crippen LogP contribution in [0, 0.1) is 0 Å². The number of rotatable bonds is 17. The molecule has 4 heteroatoms. The number of hydrogen-bond donors (Lipinski definition) is 1. The summed E-state index contributed by atoms with van der Waals surface area (Å²) in [7, 11) is 0. The van der Waals surface area contributed by atoms with Gasteiger partial charge in [0.2, 0.25) is 5.91 Å². The number of benzene rings is 1. The minimum Gasteiger partial charge on any atom is -0.462 e. The van der Waals surface area contributed by atoms with Gasteiger partial charge >= 0.3 is 5.97 Å². The SMILES string of the molecule is C=C(C)C(=O)NCc1ccccc1.C=C(C)C(=O)OCCCCCCCCCCCCCC. The highest BCUT2D eigenvalue weighted by Crippen LogP contribution is 2.12. The molecule has 1 amide bonds. The molecular formula is C29H47NO3. The first-order valence-corrected chi connectivity index (χ1v) is 12.7. The zero-order valence-corrected chi connectivity index (χ0v) is 21.4. The third-order valence-corrected chi connectivity index (χ3v) is 5.26. The maximum atomic E-state index is 11.1. The molecule has 0 aliphatic heterocycles. The number of esters is 1. The van der Waals surface area contributed by atoms with E-state index in [4.69, 9.17) is 4.74 Å². The van der Waals surface area contributed by atoms with Crippen molar-refractivity contribution < 1.29 is 14.3 Å². The molecule has 186 valence electrons. The van der Waals surface area contributed by atoms with Crippen LogP contribution in [0.5, 0.6) is 0 Å². The van der Waals surface area contributed by atoms with Crippen LogP contribution in [0.25, 0.3) is 0 Å². The maximum absolute atomic E-state index is 11.1. The molecule has 33 heavy (non-hydrogen) atoms. The van der Waals surface area contributed by atoms with Gasteiger partial charge in [0.15, 0.2) is 0 Å². The number of ether oxygens (including phenoxy) is 1. The molecule has 1 aromatic carbocycles. The van der Waals surface area contributed by atoms with Gasteiger partial charge in [0.25, 0.3) is 0 Å². The molecule has 1 N–H and O–H groups in total. The van der Waals surface area contributed by atoms with Gasteiger partial charge in [0, 0.05) is 17.7 Å². The highest BCUT2D eigenvalue weighted by atomic mass is 16.5. The van der Waals surface area contributed by atoms with Crippen molar-refractivity contribution in [3.63, 3.8) is 0 Å². The molecule has 0 atom stereocenters. The Morgan fingerprint density at radius 3 is 1.70 bits per heavy atom. The third kappa shape index (κ3) is 20.0. The summed E-state index contributed by atoms with van der Waals surface area (Å²) >= 11 is 0. The molecule has 0 aromatic heterocycles. The van der Waals surface area contributed by atoms with Crippen LogP contribution in [0.1, 0.15) is 103 Å². The zero-order valence-electron chi connectivity index (χ0n) is 21.4. The largest absolute Gasteiger partial charge is 0.462 e. The Kier molecular flexibility index (Phi) is 19.9. The number of carbonyl (C=O) groups is 2. The standard InChI is InChI=1S/C18H34O2.C11H13NO/c1-4-5-6-7-8-9-10-11-12-13-14-15-16-20-18(19)17(2)3;1-9(2)11(13)12-8-10-6-4-3-5-7-10/h2,4-16H2,1,3H3;3-7H,1,8H2,2H3,(H,12,13). The highest BCUT2D eigenvalue weighted by Gasteiger charge is 2.02. The molecule has 4 nitrogen and oxygen atoms in total. The lowest BCUT2D eigenvalue weighted by atomic mass is 10.1. The number of nitrogens with one attached hydrogen (secondary N) is 1. The fourth-order valence-corrected chi connectivity index (χ4v) is 3.16. The van der Waals surface area contributed by atoms with Crippen LogP contribution in [-0.2, 0) is 20.9 Å². The second-order valence-corrected chi connectivity index (χ2v) is 8.75. The van der Waals surface area contributed by atoms with Gasteiger partial charge in [-0.15, -0.1) is 0 Å². The molecule has 0 aliphatic carbocycles. The van der Waals surface area contributed by atoms with Gasteiger partial charge < -0.3 is 10.1 Å². The molecule has 0 saturated heterocycles. The minimum atomic E-state index is -0.256. The molecule has 0 fully saturated rings. The Bertz CT molecular complexity index is 667. The Hall–Kier alpha value is -2.36. The van der Waals surface area contributed by atoms with Gasteiger partial charge in [-0.2, -0.15) is 0 Å². The van der Waals surface area contributed by atoms with E-state index < -0.39 is 0 Å². The first-order valence-electron chi connectivity index (χ1n) is 12.7. The smallest absolute Gasteiger partial charge is 0.333 e. The van der Waals surface area contributed by atoms with Crippen molar-refractivity contribution >= 4 is 11.9 Å². The summed E-state index contributed by atoms with van der Waals surface area (Å²) in [6, 6.07) is 9.78. The molecule has 0 spiro atoms. The Morgan fingerprint density at radius 1 is 0.758 bits per heavy atom. The highest BCUT2D eigenvalue weighted by molar-refractivity contribution is 5.92. The summed E-state index contributed by atoms with van der Waals surface area (Å²) in [5, 5.41) is 2.76. The van der Waals surface area contributed by atoms with Crippen molar-refractivity contribution in [3.8, 4) is 0 Å². The van der Waals surface area contributed by atoms with Crippen LogP contribution in [-0.4, -0.2) is 18.5 Å². The Morgan fingerprint density at radius 2 is 1.24 bits per heavy atom. The van der Waals surface area contributed by atoms with Crippen molar-refractivity contribution in [1.82, 2.24) is 5.32 Å². The second kappa shape index (κ2) is 21.5. The second-order valence-electron chi connectivity index (χ2n) is 8.75. The van der Waals surface area contributed by atoms with E-state index in [1.807, 2.05) is 30.3 Å². The van der Waals surface area contributed by atoms with E-state index in [1.54, 1.807) is 13.8 Å². The first-order chi connectivity index (χ1) is 15.9. The van der Waals surface area contributed by atoms with Crippen LogP contribution < -0.4 is 5.32 Å². The van der Waals surface area contributed by atoms with Crippen molar-refractivity contribution in [2.75, 3.05) is 6.61 Å². The number of hydrogen-bond acceptors (Lipinski definition) is 3. The molecule has 1 aromatic rings. The van der Waals surface area contributed by atoms with Crippen LogP contribution in [0.3, 0.4) is 0 Å². The van der Waals surface area contributed by atoms with E-state index in [0.717, 1.165) is 12.0 Å². The summed E-state index contributed by atoms with van der Waals surface area (Å²) in [4.78, 5) is 22.2. The number of amides is 1. The summed E-state index contributed by atoms with van der Waals surface area (Å²) in [6.07, 6.45) is 15.9. The molecule has 0 radical (unpaired) electrons. The Balaban J connectivity index is 0.000000676. The molecule has 0 aliphatic rings. The van der Waals surface area contributed by atoms with E-state index >= 15 is 0 Å². The van der Waals surface area contributed by atoms with Gasteiger partial charge in [-0.3, -0.25) is 4.79 Å².